The summed E-state index contributed by atoms with van der Waals surface area (Å²) < 4.78 is 5.30. The van der Waals surface area contributed by atoms with Crippen LogP contribution in [0.3, 0.4) is 0 Å². The molecule has 0 saturated heterocycles. The molecule has 1 atom stereocenters. The maximum atomic E-state index is 10.9. The number of aliphatic carboxylic acids is 1. The molecule has 0 saturated carbocycles. The fraction of sp³-hybridized carbons (Fsp3) is 0.385. The number of hydrogen-bond acceptors (Lipinski definition) is 3. The van der Waals surface area contributed by atoms with Crippen molar-refractivity contribution in [2.24, 2.45) is 0 Å². The highest BCUT2D eigenvalue weighted by atomic mass is 16.5. The summed E-state index contributed by atoms with van der Waals surface area (Å²) in [5, 5.41) is 8.84. The van der Waals surface area contributed by atoms with Crippen molar-refractivity contribution in [2.75, 3.05) is 0 Å². The number of rotatable bonds is 6. The van der Waals surface area contributed by atoms with Gasteiger partial charge in [-0.25, -0.2) is 4.79 Å². The zero-order chi connectivity index (χ0) is 12.8. The van der Waals surface area contributed by atoms with Gasteiger partial charge in [-0.05, 0) is 31.0 Å². The molecule has 1 rings (SSSR count). The summed E-state index contributed by atoms with van der Waals surface area (Å²) in [6, 6.07) is 6.91. The molecule has 0 bridgehead atoms. The third kappa shape index (κ3) is 4.26. The van der Waals surface area contributed by atoms with Gasteiger partial charge >= 0.3 is 5.97 Å². The van der Waals surface area contributed by atoms with Crippen LogP contribution in [0.1, 0.15) is 25.8 Å². The number of carbonyl (C=O) groups is 2. The predicted octanol–water partition coefficient (Wildman–Crippen LogP) is 2.06. The zero-order valence-electron chi connectivity index (χ0n) is 9.97. The molecule has 1 N–H and O–H groups in total. The molecule has 0 amide bonds. The summed E-state index contributed by atoms with van der Waals surface area (Å²) in [5.74, 6) is -0.373. The number of carboxylic acid groups (broad SMARTS) is 1. The first-order valence-corrected chi connectivity index (χ1v) is 5.50. The third-order valence-electron chi connectivity index (χ3n) is 2.30. The Morgan fingerprint density at radius 1 is 1.29 bits per heavy atom. The van der Waals surface area contributed by atoms with Gasteiger partial charge in [0.1, 0.15) is 11.5 Å². The lowest BCUT2D eigenvalue weighted by Gasteiger charge is -2.13. The van der Waals surface area contributed by atoms with E-state index in [0.29, 0.717) is 18.6 Å². The van der Waals surface area contributed by atoms with Crippen LogP contribution in [-0.2, 0) is 16.0 Å². The molecule has 92 valence electrons. The highest BCUT2D eigenvalue weighted by Crippen LogP contribution is 2.15. The van der Waals surface area contributed by atoms with Gasteiger partial charge in [-0.2, -0.15) is 0 Å². The van der Waals surface area contributed by atoms with Crippen molar-refractivity contribution >= 4 is 11.8 Å². The maximum Gasteiger partial charge on any atom is 0.344 e. The van der Waals surface area contributed by atoms with Gasteiger partial charge in [0.15, 0.2) is 6.10 Å². The smallest absolute Gasteiger partial charge is 0.344 e. The highest BCUT2D eigenvalue weighted by molar-refractivity contribution is 5.78. The van der Waals surface area contributed by atoms with E-state index in [9.17, 15) is 9.59 Å². The number of carbonyl (C=O) groups excluding carboxylic acids is 1. The first-order valence-electron chi connectivity index (χ1n) is 5.50. The quantitative estimate of drug-likeness (QED) is 0.821. The summed E-state index contributed by atoms with van der Waals surface area (Å²) in [5.41, 5.74) is 0.897. The molecule has 0 spiro atoms. The first kappa shape index (κ1) is 13.2. The fourth-order valence-corrected chi connectivity index (χ4v) is 1.45. The van der Waals surface area contributed by atoms with E-state index in [1.807, 2.05) is 0 Å². The molecule has 1 unspecified atom stereocenters. The topological polar surface area (TPSA) is 63.6 Å². The van der Waals surface area contributed by atoms with Crippen molar-refractivity contribution in [2.45, 2.75) is 32.8 Å². The molecular formula is C13H16O4. The monoisotopic (exact) mass is 236 g/mol. The number of hydrogen-bond donors (Lipinski definition) is 1. The molecule has 0 radical (unpaired) electrons. The van der Waals surface area contributed by atoms with E-state index >= 15 is 0 Å². The molecule has 1 aromatic rings. The van der Waals surface area contributed by atoms with E-state index in [1.165, 1.54) is 6.92 Å². The lowest BCUT2D eigenvalue weighted by molar-refractivity contribution is -0.145. The van der Waals surface area contributed by atoms with E-state index in [1.54, 1.807) is 31.2 Å². The number of benzene rings is 1. The maximum absolute atomic E-state index is 10.9. The average Bonchev–Trinajstić information content (AvgIpc) is 2.26. The van der Waals surface area contributed by atoms with E-state index in [4.69, 9.17) is 9.84 Å². The first-order chi connectivity index (χ1) is 8.02. The minimum Gasteiger partial charge on any atom is -0.479 e. The Morgan fingerprint density at radius 3 is 2.29 bits per heavy atom. The summed E-state index contributed by atoms with van der Waals surface area (Å²) in [7, 11) is 0. The highest BCUT2D eigenvalue weighted by Gasteiger charge is 2.16. The molecule has 17 heavy (non-hydrogen) atoms. The van der Waals surface area contributed by atoms with Crippen LogP contribution in [0.4, 0.5) is 0 Å². The molecule has 0 aliphatic rings. The zero-order valence-corrected chi connectivity index (χ0v) is 9.97. The van der Waals surface area contributed by atoms with Crippen LogP contribution in [0.15, 0.2) is 24.3 Å². The minimum atomic E-state index is -0.972. The normalized spacial score (nSPS) is 11.9. The second-order valence-corrected chi connectivity index (χ2v) is 3.88. The van der Waals surface area contributed by atoms with Gasteiger partial charge in [0.2, 0.25) is 0 Å². The molecule has 0 aliphatic heterocycles. The van der Waals surface area contributed by atoms with E-state index in [-0.39, 0.29) is 5.78 Å². The molecule has 0 aliphatic carbocycles. The van der Waals surface area contributed by atoms with E-state index in [0.717, 1.165) is 5.56 Å². The van der Waals surface area contributed by atoms with Crippen molar-refractivity contribution in [1.29, 1.82) is 0 Å². The van der Waals surface area contributed by atoms with Crippen LogP contribution in [0.5, 0.6) is 5.75 Å². The Balaban J connectivity index is 2.67. The minimum absolute atomic E-state index is 0.0932. The van der Waals surface area contributed by atoms with Gasteiger partial charge < -0.3 is 9.84 Å². The van der Waals surface area contributed by atoms with Crippen LogP contribution in [0.25, 0.3) is 0 Å². The SMILES string of the molecule is CCC(Oc1ccc(CC(C)=O)cc1)C(=O)O. The van der Waals surface area contributed by atoms with Crippen molar-refractivity contribution in [1.82, 2.24) is 0 Å². The van der Waals surface area contributed by atoms with Crippen LogP contribution < -0.4 is 4.74 Å². The largest absolute Gasteiger partial charge is 0.479 e. The molecule has 1 aromatic carbocycles. The van der Waals surface area contributed by atoms with Crippen LogP contribution in [0, 0.1) is 0 Å². The number of Topliss-reactive ketones (excluding diaryl/α,β-unsaturated/α-hetero) is 1. The Bertz CT molecular complexity index is 394. The Hall–Kier alpha value is -1.84. The number of carboxylic acids is 1. The van der Waals surface area contributed by atoms with Crippen molar-refractivity contribution in [3.8, 4) is 5.75 Å². The van der Waals surface area contributed by atoms with Crippen molar-refractivity contribution in [3.05, 3.63) is 29.8 Å². The lowest BCUT2D eigenvalue weighted by atomic mass is 10.1. The molecular weight excluding hydrogens is 220 g/mol. The summed E-state index contributed by atoms with van der Waals surface area (Å²) in [4.78, 5) is 21.7. The second kappa shape index (κ2) is 6.03. The van der Waals surface area contributed by atoms with Gasteiger partial charge in [-0.1, -0.05) is 19.1 Å². The van der Waals surface area contributed by atoms with Crippen LogP contribution >= 0.6 is 0 Å². The lowest BCUT2D eigenvalue weighted by Crippen LogP contribution is -2.25. The van der Waals surface area contributed by atoms with Crippen LogP contribution in [-0.4, -0.2) is 23.0 Å². The molecule has 0 fully saturated rings. The van der Waals surface area contributed by atoms with Crippen molar-refractivity contribution < 1.29 is 19.4 Å². The molecule has 4 heteroatoms. The Kier molecular flexibility index (Phi) is 4.69. The summed E-state index contributed by atoms with van der Waals surface area (Å²) in [6.07, 6.45) is -0.0327. The summed E-state index contributed by atoms with van der Waals surface area (Å²) >= 11 is 0. The molecule has 4 nitrogen and oxygen atoms in total. The van der Waals surface area contributed by atoms with Gasteiger partial charge in [-0.15, -0.1) is 0 Å². The number of ether oxygens (including phenoxy) is 1. The summed E-state index contributed by atoms with van der Waals surface area (Å²) in [6.45, 7) is 3.28. The van der Waals surface area contributed by atoms with Gasteiger partial charge in [0, 0.05) is 6.42 Å². The molecule has 0 heterocycles. The third-order valence-corrected chi connectivity index (χ3v) is 2.30. The van der Waals surface area contributed by atoms with E-state index < -0.39 is 12.1 Å². The Morgan fingerprint density at radius 2 is 1.88 bits per heavy atom. The van der Waals surface area contributed by atoms with Crippen molar-refractivity contribution in [3.63, 3.8) is 0 Å². The predicted molar refractivity (Wildman–Crippen MR) is 63.2 cm³/mol. The number of ketones is 1. The van der Waals surface area contributed by atoms with Gasteiger partial charge in [0.05, 0.1) is 0 Å². The van der Waals surface area contributed by atoms with Gasteiger partial charge in [-0.3, -0.25) is 4.79 Å². The Labute approximate surface area is 100 Å². The standard InChI is InChI=1S/C13H16O4/c1-3-12(13(15)16)17-11-6-4-10(5-7-11)8-9(2)14/h4-7,12H,3,8H2,1-2H3,(H,15,16). The van der Waals surface area contributed by atoms with E-state index in [2.05, 4.69) is 0 Å². The molecule has 0 aromatic heterocycles. The fourth-order valence-electron chi connectivity index (χ4n) is 1.45. The van der Waals surface area contributed by atoms with Gasteiger partial charge in [0.25, 0.3) is 0 Å². The second-order valence-electron chi connectivity index (χ2n) is 3.88. The van der Waals surface area contributed by atoms with Crippen LogP contribution in [0.2, 0.25) is 0 Å². The average molecular weight is 236 g/mol.